The summed E-state index contributed by atoms with van der Waals surface area (Å²) in [5, 5.41) is 0. The monoisotopic (exact) mass is 432 g/mol. The largest absolute Gasteiger partial charge is 0.445 e. The standard InChI is InChI=1S/C19H36N2O5SSi/c1-9-12-25-17(22)21-14-16(18(3,4)5)13-19(21,26-28(7)8)15(2)10-11-20-27(6,23)24/h9-10,16,20,28H,1,11-14H2,2-8H3/t16-,19-/m0/s1. The van der Waals surface area contributed by atoms with Gasteiger partial charge in [-0.25, -0.2) is 17.9 Å². The number of ether oxygens (including phenoxy) is 1. The second kappa shape index (κ2) is 9.56. The molecule has 7 nitrogen and oxygen atoms in total. The van der Waals surface area contributed by atoms with Crippen molar-refractivity contribution >= 4 is 25.2 Å². The third-order valence-corrected chi connectivity index (χ3v) is 6.48. The van der Waals surface area contributed by atoms with E-state index in [9.17, 15) is 13.2 Å². The van der Waals surface area contributed by atoms with Crippen LogP contribution >= 0.6 is 0 Å². The first-order valence-corrected chi connectivity index (χ1v) is 14.2. The molecule has 1 saturated heterocycles. The topological polar surface area (TPSA) is 84.9 Å². The number of rotatable bonds is 8. The number of nitrogens with one attached hydrogen (secondary N) is 1. The second-order valence-corrected chi connectivity index (χ2v) is 12.9. The highest BCUT2D eigenvalue weighted by Crippen LogP contribution is 2.46. The van der Waals surface area contributed by atoms with Crippen LogP contribution in [0.4, 0.5) is 4.79 Å². The summed E-state index contributed by atoms with van der Waals surface area (Å²) in [6.07, 6.45) is 4.65. The maximum absolute atomic E-state index is 12.9. The normalized spacial score (nSPS) is 23.9. The van der Waals surface area contributed by atoms with Crippen LogP contribution in [0.25, 0.3) is 0 Å². The van der Waals surface area contributed by atoms with Crippen molar-refractivity contribution in [2.24, 2.45) is 11.3 Å². The molecule has 0 aromatic heterocycles. The average molecular weight is 433 g/mol. The van der Waals surface area contributed by atoms with Crippen LogP contribution in [0.5, 0.6) is 0 Å². The molecule has 0 aromatic rings. The van der Waals surface area contributed by atoms with Gasteiger partial charge in [-0.05, 0) is 36.9 Å². The molecule has 0 aliphatic carbocycles. The highest BCUT2D eigenvalue weighted by molar-refractivity contribution is 7.88. The van der Waals surface area contributed by atoms with Gasteiger partial charge in [-0.3, -0.25) is 4.90 Å². The molecule has 1 N–H and O–H groups in total. The lowest BCUT2D eigenvalue weighted by Gasteiger charge is -2.40. The van der Waals surface area contributed by atoms with Crippen molar-refractivity contribution < 1.29 is 22.4 Å². The summed E-state index contributed by atoms with van der Waals surface area (Å²) in [4.78, 5) is 14.5. The zero-order chi connectivity index (χ0) is 21.8. The molecule has 0 bridgehead atoms. The zero-order valence-electron chi connectivity index (χ0n) is 18.2. The lowest BCUT2D eigenvalue weighted by molar-refractivity contribution is -0.0223. The number of nitrogens with zero attached hydrogens (tertiary/aromatic N) is 1. The van der Waals surface area contributed by atoms with Gasteiger partial charge in [0, 0.05) is 19.5 Å². The zero-order valence-corrected chi connectivity index (χ0v) is 20.2. The van der Waals surface area contributed by atoms with E-state index < -0.39 is 30.9 Å². The summed E-state index contributed by atoms with van der Waals surface area (Å²) in [5.74, 6) is 0.211. The van der Waals surface area contributed by atoms with E-state index >= 15 is 0 Å². The minimum Gasteiger partial charge on any atom is -0.445 e. The summed E-state index contributed by atoms with van der Waals surface area (Å²) in [6.45, 7) is 16.8. The Labute approximate surface area is 171 Å². The highest BCUT2D eigenvalue weighted by atomic mass is 32.2. The predicted octanol–water partition coefficient (Wildman–Crippen LogP) is 2.87. The Kier molecular flexibility index (Phi) is 8.49. The summed E-state index contributed by atoms with van der Waals surface area (Å²) in [6, 6.07) is 0. The van der Waals surface area contributed by atoms with Crippen LogP contribution in [0.2, 0.25) is 13.1 Å². The molecule has 0 spiro atoms. The van der Waals surface area contributed by atoms with Crippen LogP contribution in [0.3, 0.4) is 0 Å². The van der Waals surface area contributed by atoms with Crippen LogP contribution < -0.4 is 4.72 Å². The van der Waals surface area contributed by atoms with Crippen molar-refractivity contribution in [3.8, 4) is 0 Å². The average Bonchev–Trinajstić information content (AvgIpc) is 2.91. The molecule has 162 valence electrons. The van der Waals surface area contributed by atoms with Gasteiger partial charge in [0.05, 0.1) is 6.26 Å². The molecule has 1 heterocycles. The van der Waals surface area contributed by atoms with E-state index in [0.717, 1.165) is 11.8 Å². The molecular weight excluding hydrogens is 396 g/mol. The first kappa shape index (κ1) is 24.9. The number of carbonyl (C=O) groups excluding carboxylic acids is 1. The molecule has 1 amide bonds. The van der Waals surface area contributed by atoms with Crippen molar-refractivity contribution in [1.82, 2.24) is 9.62 Å². The number of hydrogen-bond donors (Lipinski definition) is 1. The molecule has 0 saturated carbocycles. The van der Waals surface area contributed by atoms with Gasteiger partial charge < -0.3 is 9.16 Å². The first-order valence-electron chi connectivity index (χ1n) is 9.58. The molecule has 1 aliphatic heterocycles. The van der Waals surface area contributed by atoms with Crippen LogP contribution in [0.15, 0.2) is 24.3 Å². The smallest absolute Gasteiger partial charge is 0.412 e. The van der Waals surface area contributed by atoms with E-state index in [1.165, 1.54) is 6.08 Å². The van der Waals surface area contributed by atoms with Gasteiger partial charge >= 0.3 is 6.09 Å². The molecule has 1 rings (SSSR count). The number of amides is 1. The summed E-state index contributed by atoms with van der Waals surface area (Å²) < 4.78 is 37.1. The third-order valence-electron chi connectivity index (χ3n) is 4.93. The van der Waals surface area contributed by atoms with Crippen molar-refractivity contribution in [3.05, 3.63) is 24.3 Å². The predicted molar refractivity (Wildman–Crippen MR) is 115 cm³/mol. The van der Waals surface area contributed by atoms with E-state index in [2.05, 4.69) is 45.2 Å². The lowest BCUT2D eigenvalue weighted by atomic mass is 9.78. The van der Waals surface area contributed by atoms with E-state index in [0.29, 0.717) is 13.0 Å². The Bertz CT molecular complexity index is 700. The number of sulfonamides is 1. The molecule has 1 fully saturated rings. The van der Waals surface area contributed by atoms with Gasteiger partial charge in [0.1, 0.15) is 6.61 Å². The summed E-state index contributed by atoms with van der Waals surface area (Å²) >= 11 is 0. The van der Waals surface area contributed by atoms with Crippen molar-refractivity contribution in [3.63, 3.8) is 0 Å². The van der Waals surface area contributed by atoms with Gasteiger partial charge in [-0.2, -0.15) is 0 Å². The van der Waals surface area contributed by atoms with Crippen LogP contribution in [0, 0.1) is 11.3 Å². The molecule has 1 aliphatic rings. The number of likely N-dealkylation sites (tertiary alicyclic amines) is 1. The molecule has 0 radical (unpaired) electrons. The minimum absolute atomic E-state index is 0.0219. The van der Waals surface area contributed by atoms with Gasteiger partial charge in [0.25, 0.3) is 0 Å². The highest BCUT2D eigenvalue weighted by Gasteiger charge is 2.53. The second-order valence-electron chi connectivity index (χ2n) is 8.70. The first-order chi connectivity index (χ1) is 12.7. The van der Waals surface area contributed by atoms with Crippen molar-refractivity contribution in [2.45, 2.75) is 52.9 Å². The van der Waals surface area contributed by atoms with E-state index in [-0.39, 0.29) is 24.5 Å². The summed E-state index contributed by atoms with van der Waals surface area (Å²) in [7, 11) is -4.86. The number of hydrogen-bond acceptors (Lipinski definition) is 5. The Morgan fingerprint density at radius 2 is 2.00 bits per heavy atom. The van der Waals surface area contributed by atoms with Crippen LogP contribution in [0.1, 0.15) is 34.1 Å². The molecule has 0 unspecified atom stereocenters. The molecular formula is C19H36N2O5SSi. The number of carbonyl (C=O) groups is 1. The quantitative estimate of drug-likeness (QED) is 0.471. The molecule has 9 heteroatoms. The SMILES string of the molecule is C=CCOC(=O)N1C[C@@H](C(C)(C)C)C[C@]1(O[SiH](C)C)C(C)=CCNS(C)(=O)=O. The van der Waals surface area contributed by atoms with Crippen LogP contribution in [-0.4, -0.2) is 60.1 Å². The molecule has 0 aromatic carbocycles. The van der Waals surface area contributed by atoms with E-state index in [1.807, 2.05) is 6.92 Å². The van der Waals surface area contributed by atoms with Crippen LogP contribution in [-0.2, 0) is 19.2 Å². The van der Waals surface area contributed by atoms with Gasteiger partial charge in [0.2, 0.25) is 10.0 Å². The Morgan fingerprint density at radius 3 is 2.46 bits per heavy atom. The maximum atomic E-state index is 12.9. The maximum Gasteiger partial charge on any atom is 0.412 e. The fourth-order valence-corrected chi connectivity index (χ4v) is 4.94. The van der Waals surface area contributed by atoms with Gasteiger partial charge in [-0.1, -0.05) is 39.5 Å². The third kappa shape index (κ3) is 6.72. The minimum atomic E-state index is -3.31. The van der Waals surface area contributed by atoms with E-state index in [1.54, 1.807) is 11.0 Å². The fourth-order valence-electron chi connectivity index (χ4n) is 3.36. The van der Waals surface area contributed by atoms with Crippen molar-refractivity contribution in [1.29, 1.82) is 0 Å². The summed E-state index contributed by atoms with van der Waals surface area (Å²) in [5.41, 5.74) is -0.131. The van der Waals surface area contributed by atoms with Gasteiger partial charge in [0.15, 0.2) is 14.8 Å². The fraction of sp³-hybridized carbons (Fsp3) is 0.737. The van der Waals surface area contributed by atoms with Gasteiger partial charge in [-0.15, -0.1) is 0 Å². The van der Waals surface area contributed by atoms with Crippen molar-refractivity contribution in [2.75, 3.05) is 26.0 Å². The van der Waals surface area contributed by atoms with E-state index in [4.69, 9.17) is 9.16 Å². The Hall–Kier alpha value is -1.16. The molecule has 28 heavy (non-hydrogen) atoms. The Balaban J connectivity index is 3.34. The molecule has 2 atom stereocenters. The Morgan fingerprint density at radius 1 is 1.39 bits per heavy atom. The lowest BCUT2D eigenvalue weighted by Crippen LogP contribution is -2.52.